The fourth-order valence-electron chi connectivity index (χ4n) is 2.47. The Bertz CT molecular complexity index is 635. The second-order valence-corrected chi connectivity index (χ2v) is 5.12. The molecule has 1 amide bonds. The molecule has 7 nitrogen and oxygen atoms in total. The summed E-state index contributed by atoms with van der Waals surface area (Å²) in [6.45, 7) is 3.68. The van der Waals surface area contributed by atoms with Crippen molar-refractivity contribution in [2.45, 2.75) is 6.54 Å². The Hall–Kier alpha value is -2.41. The van der Waals surface area contributed by atoms with Gasteiger partial charge in [0.05, 0.1) is 19.2 Å². The zero-order chi connectivity index (χ0) is 15.4. The molecule has 0 spiro atoms. The number of methoxy groups -OCH3 is 1. The molecule has 0 bridgehead atoms. The highest BCUT2D eigenvalue weighted by Crippen LogP contribution is 2.28. The lowest BCUT2D eigenvalue weighted by Crippen LogP contribution is -2.45. The van der Waals surface area contributed by atoms with Gasteiger partial charge in [0.1, 0.15) is 5.75 Å². The minimum atomic E-state index is 0.457. The quantitative estimate of drug-likeness (QED) is 0.768. The first kappa shape index (κ1) is 14.5. The van der Waals surface area contributed by atoms with E-state index in [-0.39, 0.29) is 0 Å². The summed E-state index contributed by atoms with van der Waals surface area (Å²) in [5, 5.41) is 8.21. The summed E-state index contributed by atoms with van der Waals surface area (Å²) in [4.78, 5) is 14.7. The molecule has 1 aliphatic rings. The molecule has 1 aliphatic heterocycles. The van der Waals surface area contributed by atoms with E-state index in [0.717, 1.165) is 38.2 Å². The monoisotopic (exact) mass is 302 g/mol. The Morgan fingerprint density at radius 3 is 2.73 bits per heavy atom. The van der Waals surface area contributed by atoms with Crippen molar-refractivity contribution < 1.29 is 13.9 Å². The largest absolute Gasteiger partial charge is 0.496 e. The van der Waals surface area contributed by atoms with E-state index in [0.29, 0.717) is 24.1 Å². The van der Waals surface area contributed by atoms with Crippen molar-refractivity contribution in [1.29, 1.82) is 0 Å². The number of aromatic nitrogens is 2. The fraction of sp³-hybridized carbons (Fsp3) is 0.400. The SMILES string of the molecule is COc1ccccc1-c1nnc(CN2CCN(C=O)CC2)o1. The number of amides is 1. The maximum atomic E-state index is 10.7. The molecule has 0 saturated carbocycles. The van der Waals surface area contributed by atoms with Gasteiger partial charge in [0, 0.05) is 26.2 Å². The minimum Gasteiger partial charge on any atom is -0.496 e. The Balaban J connectivity index is 1.68. The van der Waals surface area contributed by atoms with Gasteiger partial charge in [-0.3, -0.25) is 9.69 Å². The van der Waals surface area contributed by atoms with Gasteiger partial charge in [-0.25, -0.2) is 0 Å². The number of hydrogen-bond donors (Lipinski definition) is 0. The van der Waals surface area contributed by atoms with Gasteiger partial charge in [0.25, 0.3) is 5.89 Å². The van der Waals surface area contributed by atoms with Crippen LogP contribution in [0.5, 0.6) is 5.75 Å². The molecule has 1 aromatic carbocycles. The summed E-state index contributed by atoms with van der Waals surface area (Å²) in [5.41, 5.74) is 0.787. The molecule has 22 heavy (non-hydrogen) atoms. The van der Waals surface area contributed by atoms with Gasteiger partial charge < -0.3 is 14.1 Å². The van der Waals surface area contributed by atoms with Crippen molar-refractivity contribution >= 4 is 6.41 Å². The number of para-hydroxylation sites is 1. The fourth-order valence-corrected chi connectivity index (χ4v) is 2.47. The van der Waals surface area contributed by atoms with Crippen molar-refractivity contribution in [2.24, 2.45) is 0 Å². The first-order valence-corrected chi connectivity index (χ1v) is 7.17. The van der Waals surface area contributed by atoms with Crippen LogP contribution < -0.4 is 4.74 Å². The smallest absolute Gasteiger partial charge is 0.251 e. The first-order valence-electron chi connectivity index (χ1n) is 7.17. The van der Waals surface area contributed by atoms with Crippen LogP contribution >= 0.6 is 0 Å². The van der Waals surface area contributed by atoms with Crippen LogP contribution in [-0.2, 0) is 11.3 Å². The molecule has 0 aliphatic carbocycles. The van der Waals surface area contributed by atoms with Gasteiger partial charge in [0.2, 0.25) is 12.3 Å². The van der Waals surface area contributed by atoms with Crippen LogP contribution in [0.1, 0.15) is 5.89 Å². The molecule has 3 rings (SSSR count). The summed E-state index contributed by atoms with van der Waals surface area (Å²) >= 11 is 0. The zero-order valence-corrected chi connectivity index (χ0v) is 12.4. The summed E-state index contributed by atoms with van der Waals surface area (Å²) in [7, 11) is 1.61. The van der Waals surface area contributed by atoms with Crippen molar-refractivity contribution in [3.63, 3.8) is 0 Å². The predicted molar refractivity (Wildman–Crippen MR) is 79.2 cm³/mol. The van der Waals surface area contributed by atoms with E-state index in [9.17, 15) is 4.79 Å². The Labute approximate surface area is 128 Å². The highest BCUT2D eigenvalue weighted by atomic mass is 16.5. The number of rotatable bonds is 5. The van der Waals surface area contributed by atoms with E-state index in [1.165, 1.54) is 0 Å². The second kappa shape index (κ2) is 6.57. The number of ether oxygens (including phenoxy) is 1. The van der Waals surface area contributed by atoms with Gasteiger partial charge in [0.15, 0.2) is 0 Å². The first-order chi connectivity index (χ1) is 10.8. The van der Waals surface area contributed by atoms with Gasteiger partial charge in [-0.2, -0.15) is 0 Å². The maximum Gasteiger partial charge on any atom is 0.251 e. The molecule has 0 radical (unpaired) electrons. The molecule has 0 atom stereocenters. The number of carbonyl (C=O) groups excluding carboxylic acids is 1. The lowest BCUT2D eigenvalue weighted by atomic mass is 10.2. The molecule has 116 valence electrons. The second-order valence-electron chi connectivity index (χ2n) is 5.12. The minimum absolute atomic E-state index is 0.457. The van der Waals surface area contributed by atoms with E-state index in [4.69, 9.17) is 9.15 Å². The van der Waals surface area contributed by atoms with Crippen LogP contribution in [0.15, 0.2) is 28.7 Å². The highest BCUT2D eigenvalue weighted by Gasteiger charge is 2.19. The molecule has 2 aromatic rings. The summed E-state index contributed by atoms with van der Waals surface area (Å²) < 4.78 is 11.0. The van der Waals surface area contributed by atoms with E-state index in [1.807, 2.05) is 24.3 Å². The molecular formula is C15H18N4O3. The van der Waals surface area contributed by atoms with Crippen LogP contribution in [0.25, 0.3) is 11.5 Å². The number of benzene rings is 1. The van der Waals surface area contributed by atoms with Crippen molar-refractivity contribution in [1.82, 2.24) is 20.0 Å². The van der Waals surface area contributed by atoms with Crippen LogP contribution in [-0.4, -0.2) is 59.7 Å². The number of nitrogens with zero attached hydrogens (tertiary/aromatic N) is 4. The van der Waals surface area contributed by atoms with Gasteiger partial charge in [-0.15, -0.1) is 10.2 Å². The summed E-state index contributed by atoms with van der Waals surface area (Å²) in [5.74, 6) is 1.73. The maximum absolute atomic E-state index is 10.7. The van der Waals surface area contributed by atoms with E-state index in [1.54, 1.807) is 12.0 Å². The van der Waals surface area contributed by atoms with Crippen molar-refractivity contribution in [3.05, 3.63) is 30.2 Å². The predicted octanol–water partition coefficient (Wildman–Crippen LogP) is 1.02. The average Bonchev–Trinajstić information content (AvgIpc) is 3.04. The molecular weight excluding hydrogens is 284 g/mol. The molecule has 2 heterocycles. The molecule has 7 heteroatoms. The highest BCUT2D eigenvalue weighted by molar-refractivity contribution is 5.62. The van der Waals surface area contributed by atoms with Gasteiger partial charge in [-0.1, -0.05) is 12.1 Å². The topological polar surface area (TPSA) is 71.7 Å². The zero-order valence-electron chi connectivity index (χ0n) is 12.4. The van der Waals surface area contributed by atoms with E-state index >= 15 is 0 Å². The lowest BCUT2D eigenvalue weighted by Gasteiger charge is -2.31. The van der Waals surface area contributed by atoms with E-state index < -0.39 is 0 Å². The molecule has 0 unspecified atom stereocenters. The molecule has 0 N–H and O–H groups in total. The number of piperazine rings is 1. The van der Waals surface area contributed by atoms with Gasteiger partial charge in [-0.05, 0) is 12.1 Å². The number of hydrogen-bond acceptors (Lipinski definition) is 6. The Kier molecular flexibility index (Phi) is 4.34. The standard InChI is InChI=1S/C15H18N4O3/c1-21-13-5-3-2-4-12(13)15-17-16-14(22-15)10-18-6-8-19(11-20)9-7-18/h2-5,11H,6-10H2,1H3. The average molecular weight is 302 g/mol. The van der Waals surface area contributed by atoms with E-state index in [2.05, 4.69) is 15.1 Å². The normalized spacial score (nSPS) is 15.8. The Morgan fingerprint density at radius 1 is 1.23 bits per heavy atom. The molecule has 1 aromatic heterocycles. The molecule has 1 fully saturated rings. The third kappa shape index (κ3) is 3.09. The van der Waals surface area contributed by atoms with Crippen LogP contribution in [0.2, 0.25) is 0 Å². The summed E-state index contributed by atoms with van der Waals surface area (Å²) in [6, 6.07) is 7.54. The summed E-state index contributed by atoms with van der Waals surface area (Å²) in [6.07, 6.45) is 0.893. The van der Waals surface area contributed by atoms with Crippen molar-refractivity contribution in [3.8, 4) is 17.2 Å². The lowest BCUT2D eigenvalue weighted by molar-refractivity contribution is -0.119. The third-order valence-electron chi connectivity index (χ3n) is 3.72. The van der Waals surface area contributed by atoms with Crippen LogP contribution in [0.4, 0.5) is 0 Å². The van der Waals surface area contributed by atoms with Gasteiger partial charge >= 0.3 is 0 Å². The third-order valence-corrected chi connectivity index (χ3v) is 3.72. The van der Waals surface area contributed by atoms with Crippen molar-refractivity contribution in [2.75, 3.05) is 33.3 Å². The van der Waals surface area contributed by atoms with Crippen LogP contribution in [0.3, 0.4) is 0 Å². The Morgan fingerprint density at radius 2 is 2.00 bits per heavy atom. The van der Waals surface area contributed by atoms with Crippen LogP contribution in [0, 0.1) is 0 Å². The molecule has 1 saturated heterocycles. The number of carbonyl (C=O) groups is 1.